The number of alkyl halides is 6. The summed E-state index contributed by atoms with van der Waals surface area (Å²) in [5.74, 6) is -2.92. The van der Waals surface area contributed by atoms with Crippen molar-refractivity contribution in [1.29, 1.82) is 0 Å². The zero-order valence-electron chi connectivity index (χ0n) is 8.75. The fourth-order valence-corrected chi connectivity index (χ4v) is 1.87. The molecule has 0 saturated heterocycles. The Kier molecular flexibility index (Phi) is 3.93. The van der Waals surface area contributed by atoms with Crippen molar-refractivity contribution >= 4 is 15.8 Å². The van der Waals surface area contributed by atoms with Gasteiger partial charge in [0.1, 0.15) is 0 Å². The van der Waals surface area contributed by atoms with E-state index in [1.54, 1.807) is 0 Å². The molecule has 1 aromatic heterocycles. The first-order valence-corrected chi connectivity index (χ1v) is 6.01. The molecule has 0 aliphatic rings. The summed E-state index contributed by atoms with van der Waals surface area (Å²) in [6, 6.07) is 0. The third kappa shape index (κ3) is 5.28. The first-order chi connectivity index (χ1) is 8.39. The predicted molar refractivity (Wildman–Crippen MR) is 50.5 cm³/mol. The summed E-state index contributed by atoms with van der Waals surface area (Å²) in [7, 11) is -4.80. The zero-order chi connectivity index (χ0) is 14.9. The molecule has 0 radical (unpaired) electrons. The van der Waals surface area contributed by atoms with Crippen LogP contribution in [0, 0.1) is 0 Å². The van der Waals surface area contributed by atoms with Crippen molar-refractivity contribution in [3.8, 4) is 0 Å². The smallest absolute Gasteiger partial charge is 0.266 e. The molecule has 1 heterocycles. The molecule has 0 saturated carbocycles. The average Bonchev–Trinajstić information content (AvgIpc) is 2.11. The van der Waals surface area contributed by atoms with Crippen molar-refractivity contribution in [2.24, 2.45) is 0 Å². The minimum atomic E-state index is -4.98. The first kappa shape index (κ1) is 15.5. The molecule has 1 rings (SSSR count). The Morgan fingerprint density at radius 1 is 1.05 bits per heavy atom. The molecule has 0 atom stereocenters. The Morgan fingerprint density at radius 3 is 2.00 bits per heavy atom. The molecule has 19 heavy (non-hydrogen) atoms. The lowest BCUT2D eigenvalue weighted by molar-refractivity contribution is -0.141. The Balaban J connectivity index is 2.84. The Morgan fingerprint density at radius 2 is 1.63 bits per heavy atom. The molecule has 0 fully saturated rings. The van der Waals surface area contributed by atoms with Crippen LogP contribution in [0.3, 0.4) is 0 Å². The Bertz CT molecular complexity index is 535. The van der Waals surface area contributed by atoms with E-state index in [2.05, 4.69) is 9.97 Å². The topological polar surface area (TPSA) is 72.0 Å². The minimum Gasteiger partial charge on any atom is -0.266 e. The van der Waals surface area contributed by atoms with Crippen molar-refractivity contribution in [1.82, 2.24) is 9.97 Å². The molecule has 0 spiro atoms. The van der Waals surface area contributed by atoms with E-state index in [0.717, 1.165) is 0 Å². The van der Waals surface area contributed by atoms with Crippen molar-refractivity contribution < 1.29 is 34.8 Å². The van der Waals surface area contributed by atoms with Gasteiger partial charge in [-0.15, -0.1) is 0 Å². The molecule has 5 nitrogen and oxygen atoms in total. The molecule has 12 heteroatoms. The van der Waals surface area contributed by atoms with Gasteiger partial charge in [0.05, 0.1) is 12.4 Å². The van der Waals surface area contributed by atoms with E-state index in [-0.39, 0.29) is 6.20 Å². The van der Waals surface area contributed by atoms with Gasteiger partial charge in [0.15, 0.2) is 17.3 Å². The summed E-state index contributed by atoms with van der Waals surface area (Å²) in [5, 5.41) is 0. The second kappa shape index (κ2) is 4.83. The summed E-state index contributed by atoms with van der Waals surface area (Å²) in [6.45, 7) is 0. The van der Waals surface area contributed by atoms with Gasteiger partial charge in [0.25, 0.3) is 0 Å². The van der Waals surface area contributed by atoms with Crippen LogP contribution < -0.4 is 4.72 Å². The maximum Gasteiger partial charge on any atom is 0.434 e. The molecule has 0 amide bonds. The van der Waals surface area contributed by atoms with E-state index in [9.17, 15) is 34.8 Å². The SMILES string of the molecule is O=S(=O)(CC(F)(F)F)Nc1cnc(C(F)(F)F)cn1. The molecule has 0 aliphatic carbocycles. The highest BCUT2D eigenvalue weighted by Gasteiger charge is 2.36. The van der Waals surface area contributed by atoms with Crippen LogP contribution in [-0.2, 0) is 16.2 Å². The molecule has 0 unspecified atom stereocenters. The lowest BCUT2D eigenvalue weighted by Gasteiger charge is -2.10. The number of sulfonamides is 1. The number of hydrogen-bond acceptors (Lipinski definition) is 4. The number of nitrogens with one attached hydrogen (secondary N) is 1. The van der Waals surface area contributed by atoms with E-state index in [1.165, 1.54) is 4.72 Å². The van der Waals surface area contributed by atoms with Gasteiger partial charge in [-0.1, -0.05) is 0 Å². The van der Waals surface area contributed by atoms with Gasteiger partial charge in [-0.3, -0.25) is 4.72 Å². The van der Waals surface area contributed by atoms with Crippen LogP contribution in [0.15, 0.2) is 12.4 Å². The second-order valence-corrected chi connectivity index (χ2v) is 4.98. The highest BCUT2D eigenvalue weighted by Crippen LogP contribution is 2.27. The second-order valence-electron chi connectivity index (χ2n) is 3.26. The van der Waals surface area contributed by atoms with Crippen molar-refractivity contribution in [3.05, 3.63) is 18.1 Å². The van der Waals surface area contributed by atoms with Crippen LogP contribution in [-0.4, -0.2) is 30.3 Å². The van der Waals surface area contributed by atoms with E-state index >= 15 is 0 Å². The third-order valence-electron chi connectivity index (χ3n) is 1.56. The van der Waals surface area contributed by atoms with Crippen LogP contribution in [0.4, 0.5) is 32.2 Å². The molecule has 0 aromatic carbocycles. The number of anilines is 1. The number of halogens is 6. The van der Waals surface area contributed by atoms with Crippen LogP contribution in [0.2, 0.25) is 0 Å². The molecular formula is C7H5F6N3O2S. The van der Waals surface area contributed by atoms with Crippen LogP contribution >= 0.6 is 0 Å². The zero-order valence-corrected chi connectivity index (χ0v) is 9.57. The maximum absolute atomic E-state index is 12.1. The largest absolute Gasteiger partial charge is 0.434 e. The van der Waals surface area contributed by atoms with Gasteiger partial charge in [-0.2, -0.15) is 26.3 Å². The number of rotatable bonds is 3. The fraction of sp³-hybridized carbons (Fsp3) is 0.429. The highest BCUT2D eigenvalue weighted by atomic mass is 32.2. The number of hydrogen-bond donors (Lipinski definition) is 1. The van der Waals surface area contributed by atoms with Crippen LogP contribution in [0.25, 0.3) is 0 Å². The van der Waals surface area contributed by atoms with E-state index < -0.39 is 39.6 Å². The van der Waals surface area contributed by atoms with Gasteiger partial charge in [0, 0.05) is 0 Å². The van der Waals surface area contributed by atoms with Crippen molar-refractivity contribution in [3.63, 3.8) is 0 Å². The predicted octanol–water partition coefficient (Wildman–Crippen LogP) is 1.80. The lowest BCUT2D eigenvalue weighted by atomic mass is 10.4. The monoisotopic (exact) mass is 309 g/mol. The summed E-state index contributed by atoms with van der Waals surface area (Å²) in [5.41, 5.74) is -1.40. The minimum absolute atomic E-state index is 0.200. The Hall–Kier alpha value is -1.59. The van der Waals surface area contributed by atoms with E-state index in [4.69, 9.17) is 0 Å². The molecule has 0 bridgehead atoms. The molecule has 1 N–H and O–H groups in total. The standard InChI is InChI=1S/C7H5F6N3O2S/c8-6(9,10)3-19(17,18)16-5-2-14-4(1-15-5)7(11,12)13/h1-2H,3H2,(H,15,16). The Labute approximate surface area is 102 Å². The molecule has 108 valence electrons. The summed E-state index contributed by atoms with van der Waals surface area (Å²) < 4.78 is 95.2. The van der Waals surface area contributed by atoms with Gasteiger partial charge < -0.3 is 0 Å². The summed E-state index contributed by atoms with van der Waals surface area (Å²) >= 11 is 0. The molecule has 0 aliphatic heterocycles. The van der Waals surface area contributed by atoms with Gasteiger partial charge in [0.2, 0.25) is 10.0 Å². The lowest BCUT2D eigenvalue weighted by Crippen LogP contribution is -2.28. The highest BCUT2D eigenvalue weighted by molar-refractivity contribution is 7.92. The van der Waals surface area contributed by atoms with Crippen molar-refractivity contribution in [2.75, 3.05) is 10.5 Å². The molecule has 1 aromatic rings. The van der Waals surface area contributed by atoms with Crippen LogP contribution in [0.1, 0.15) is 5.69 Å². The van der Waals surface area contributed by atoms with E-state index in [1.807, 2.05) is 0 Å². The maximum atomic E-state index is 12.1. The third-order valence-corrected chi connectivity index (χ3v) is 2.78. The fourth-order valence-electron chi connectivity index (χ4n) is 0.938. The van der Waals surface area contributed by atoms with Crippen LogP contribution in [0.5, 0.6) is 0 Å². The van der Waals surface area contributed by atoms with Gasteiger partial charge >= 0.3 is 12.4 Å². The van der Waals surface area contributed by atoms with Gasteiger partial charge in [-0.25, -0.2) is 18.4 Å². The quantitative estimate of drug-likeness (QED) is 0.864. The first-order valence-electron chi connectivity index (χ1n) is 4.35. The average molecular weight is 309 g/mol. The normalized spacial score (nSPS) is 13.4. The summed E-state index contributed by atoms with van der Waals surface area (Å²) in [4.78, 5) is 5.86. The number of aromatic nitrogens is 2. The van der Waals surface area contributed by atoms with E-state index in [0.29, 0.717) is 6.20 Å². The molecular weight excluding hydrogens is 304 g/mol. The number of nitrogens with zero attached hydrogens (tertiary/aromatic N) is 2. The summed E-state index contributed by atoms with van der Waals surface area (Å²) in [6.07, 6.45) is -9.19. The van der Waals surface area contributed by atoms with Crippen molar-refractivity contribution in [2.45, 2.75) is 12.4 Å². The van der Waals surface area contributed by atoms with Gasteiger partial charge in [-0.05, 0) is 0 Å².